The van der Waals surface area contributed by atoms with Crippen LogP contribution in [-0.4, -0.2) is 21.0 Å². The quantitative estimate of drug-likeness (QED) is 0.838. The average Bonchev–Trinajstić information content (AvgIpc) is 2.75. The van der Waals surface area contributed by atoms with Crippen molar-refractivity contribution in [1.82, 2.24) is 14.8 Å². The number of rotatable bonds is 4. The molecule has 1 unspecified atom stereocenters. The first-order valence-electron chi connectivity index (χ1n) is 5.43. The SMILES string of the molecule is CSc1ccccc1C(N)Cc1ncnn1C. The molecule has 1 aromatic carbocycles. The van der Waals surface area contributed by atoms with Gasteiger partial charge in [-0.1, -0.05) is 18.2 Å². The maximum Gasteiger partial charge on any atom is 0.138 e. The van der Waals surface area contributed by atoms with Gasteiger partial charge in [0.15, 0.2) is 0 Å². The molecule has 0 aliphatic rings. The van der Waals surface area contributed by atoms with Crippen LogP contribution < -0.4 is 5.73 Å². The third-order valence-corrected chi connectivity index (χ3v) is 3.56. The standard InChI is InChI=1S/C12H16N4S/c1-16-12(14-8-15-16)7-10(13)9-5-3-4-6-11(9)17-2/h3-6,8,10H,7,13H2,1-2H3. The second-order valence-corrected chi connectivity index (χ2v) is 4.70. The fourth-order valence-corrected chi connectivity index (χ4v) is 2.45. The van der Waals surface area contributed by atoms with E-state index in [4.69, 9.17) is 5.73 Å². The molecule has 4 nitrogen and oxygen atoms in total. The Labute approximate surface area is 105 Å². The molecule has 0 saturated carbocycles. The molecule has 0 radical (unpaired) electrons. The van der Waals surface area contributed by atoms with Crippen molar-refractivity contribution >= 4 is 11.8 Å². The van der Waals surface area contributed by atoms with E-state index < -0.39 is 0 Å². The molecule has 0 aliphatic heterocycles. The summed E-state index contributed by atoms with van der Waals surface area (Å²) in [5, 5.41) is 4.05. The minimum Gasteiger partial charge on any atom is -0.324 e. The lowest BCUT2D eigenvalue weighted by atomic mass is 10.0. The Kier molecular flexibility index (Phi) is 3.81. The van der Waals surface area contributed by atoms with E-state index in [0.29, 0.717) is 6.42 Å². The van der Waals surface area contributed by atoms with Crippen LogP contribution in [0.4, 0.5) is 0 Å². The van der Waals surface area contributed by atoms with Crippen LogP contribution in [0.2, 0.25) is 0 Å². The number of nitrogens with zero attached hydrogens (tertiary/aromatic N) is 3. The van der Waals surface area contributed by atoms with Gasteiger partial charge < -0.3 is 5.73 Å². The average molecular weight is 248 g/mol. The predicted octanol–water partition coefficient (Wildman–Crippen LogP) is 1.78. The van der Waals surface area contributed by atoms with Gasteiger partial charge in [-0.25, -0.2) is 4.98 Å². The van der Waals surface area contributed by atoms with Gasteiger partial charge in [-0.3, -0.25) is 4.68 Å². The Hall–Kier alpha value is -1.33. The van der Waals surface area contributed by atoms with E-state index in [-0.39, 0.29) is 6.04 Å². The summed E-state index contributed by atoms with van der Waals surface area (Å²) in [6, 6.07) is 8.18. The van der Waals surface area contributed by atoms with Gasteiger partial charge >= 0.3 is 0 Å². The first kappa shape index (κ1) is 12.1. The molecule has 1 heterocycles. The highest BCUT2D eigenvalue weighted by Crippen LogP contribution is 2.25. The number of aromatic nitrogens is 3. The molecule has 1 aromatic heterocycles. The Morgan fingerprint density at radius 2 is 2.18 bits per heavy atom. The molecule has 0 bridgehead atoms. The minimum absolute atomic E-state index is 0.0402. The zero-order chi connectivity index (χ0) is 12.3. The summed E-state index contributed by atoms with van der Waals surface area (Å²) in [6.45, 7) is 0. The Bertz CT molecular complexity index is 495. The molecule has 17 heavy (non-hydrogen) atoms. The number of thioether (sulfide) groups is 1. The highest BCUT2D eigenvalue weighted by molar-refractivity contribution is 7.98. The molecule has 2 N–H and O–H groups in total. The summed E-state index contributed by atoms with van der Waals surface area (Å²) >= 11 is 1.72. The van der Waals surface area contributed by atoms with Crippen LogP contribution in [0, 0.1) is 0 Å². The van der Waals surface area contributed by atoms with Crippen LogP contribution in [0.1, 0.15) is 17.4 Å². The van der Waals surface area contributed by atoms with E-state index in [2.05, 4.69) is 28.5 Å². The van der Waals surface area contributed by atoms with Crippen LogP contribution >= 0.6 is 11.8 Å². The molecule has 90 valence electrons. The van der Waals surface area contributed by atoms with Gasteiger partial charge in [0.1, 0.15) is 12.2 Å². The van der Waals surface area contributed by atoms with E-state index in [1.165, 1.54) is 10.5 Å². The van der Waals surface area contributed by atoms with Crippen LogP contribution in [0.5, 0.6) is 0 Å². The molecule has 0 aliphatic carbocycles. The van der Waals surface area contributed by atoms with Crippen molar-refractivity contribution in [2.24, 2.45) is 12.8 Å². The summed E-state index contributed by atoms with van der Waals surface area (Å²) < 4.78 is 1.77. The van der Waals surface area contributed by atoms with Gasteiger partial charge in [0.2, 0.25) is 0 Å². The lowest BCUT2D eigenvalue weighted by Gasteiger charge is -2.14. The molecule has 0 spiro atoms. The van der Waals surface area contributed by atoms with Gasteiger partial charge in [-0.05, 0) is 17.9 Å². The number of hydrogen-bond donors (Lipinski definition) is 1. The second kappa shape index (κ2) is 5.33. The highest BCUT2D eigenvalue weighted by atomic mass is 32.2. The van der Waals surface area contributed by atoms with Crippen molar-refractivity contribution in [3.05, 3.63) is 42.0 Å². The molecule has 0 saturated heterocycles. The summed E-state index contributed by atoms with van der Waals surface area (Å²) in [5.41, 5.74) is 7.41. The largest absolute Gasteiger partial charge is 0.324 e. The van der Waals surface area contributed by atoms with E-state index >= 15 is 0 Å². The van der Waals surface area contributed by atoms with Crippen molar-refractivity contribution in [2.75, 3.05) is 6.26 Å². The molecule has 2 aromatic rings. The molecule has 2 rings (SSSR count). The third kappa shape index (κ3) is 2.68. The fraction of sp³-hybridized carbons (Fsp3) is 0.333. The van der Waals surface area contributed by atoms with Gasteiger partial charge in [0, 0.05) is 24.4 Å². The van der Waals surface area contributed by atoms with E-state index in [0.717, 1.165) is 5.82 Å². The van der Waals surface area contributed by atoms with Gasteiger partial charge in [0.05, 0.1) is 0 Å². The molecule has 5 heteroatoms. The maximum atomic E-state index is 6.24. The lowest BCUT2D eigenvalue weighted by molar-refractivity contribution is 0.623. The third-order valence-electron chi connectivity index (χ3n) is 2.75. The van der Waals surface area contributed by atoms with Crippen LogP contribution in [0.15, 0.2) is 35.5 Å². The number of aryl methyl sites for hydroxylation is 1. The fourth-order valence-electron chi connectivity index (χ4n) is 1.78. The number of benzene rings is 1. The maximum absolute atomic E-state index is 6.24. The van der Waals surface area contributed by atoms with Crippen molar-refractivity contribution in [1.29, 1.82) is 0 Å². The first-order valence-corrected chi connectivity index (χ1v) is 6.66. The summed E-state index contributed by atoms with van der Waals surface area (Å²) in [4.78, 5) is 5.43. The summed E-state index contributed by atoms with van der Waals surface area (Å²) in [5.74, 6) is 0.911. The first-order chi connectivity index (χ1) is 8.22. The Morgan fingerprint density at radius 3 is 2.82 bits per heavy atom. The van der Waals surface area contributed by atoms with Gasteiger partial charge in [0.25, 0.3) is 0 Å². The van der Waals surface area contributed by atoms with E-state index in [9.17, 15) is 0 Å². The zero-order valence-corrected chi connectivity index (χ0v) is 10.8. The summed E-state index contributed by atoms with van der Waals surface area (Å²) in [6.07, 6.45) is 4.32. The van der Waals surface area contributed by atoms with E-state index in [1.807, 2.05) is 19.2 Å². The van der Waals surface area contributed by atoms with Gasteiger partial charge in [-0.15, -0.1) is 11.8 Å². The molecule has 0 amide bonds. The molecule has 1 atom stereocenters. The van der Waals surface area contributed by atoms with Gasteiger partial charge in [-0.2, -0.15) is 5.10 Å². The summed E-state index contributed by atoms with van der Waals surface area (Å²) in [7, 11) is 1.88. The lowest BCUT2D eigenvalue weighted by Crippen LogP contribution is -2.16. The Balaban J connectivity index is 2.20. The van der Waals surface area contributed by atoms with Crippen molar-refractivity contribution in [3.63, 3.8) is 0 Å². The molecule has 0 fully saturated rings. The molecular formula is C12H16N4S. The van der Waals surface area contributed by atoms with Crippen LogP contribution in [0.3, 0.4) is 0 Å². The molecular weight excluding hydrogens is 232 g/mol. The number of hydrogen-bond acceptors (Lipinski definition) is 4. The zero-order valence-electron chi connectivity index (χ0n) is 10.00. The smallest absolute Gasteiger partial charge is 0.138 e. The topological polar surface area (TPSA) is 56.7 Å². The van der Waals surface area contributed by atoms with Crippen molar-refractivity contribution in [2.45, 2.75) is 17.4 Å². The highest BCUT2D eigenvalue weighted by Gasteiger charge is 2.13. The predicted molar refractivity (Wildman–Crippen MR) is 69.9 cm³/mol. The van der Waals surface area contributed by atoms with Crippen molar-refractivity contribution < 1.29 is 0 Å². The second-order valence-electron chi connectivity index (χ2n) is 3.85. The van der Waals surface area contributed by atoms with Crippen LogP contribution in [0.25, 0.3) is 0 Å². The normalized spacial score (nSPS) is 12.6. The van der Waals surface area contributed by atoms with E-state index in [1.54, 1.807) is 22.8 Å². The Morgan fingerprint density at radius 1 is 1.41 bits per heavy atom. The van der Waals surface area contributed by atoms with Crippen LogP contribution in [-0.2, 0) is 13.5 Å². The minimum atomic E-state index is -0.0402. The van der Waals surface area contributed by atoms with Crippen molar-refractivity contribution in [3.8, 4) is 0 Å². The number of nitrogens with two attached hydrogens (primary N) is 1. The monoisotopic (exact) mass is 248 g/mol.